The van der Waals surface area contributed by atoms with Gasteiger partial charge in [0.05, 0.1) is 16.6 Å². The summed E-state index contributed by atoms with van der Waals surface area (Å²) in [4.78, 5) is 29.8. The van der Waals surface area contributed by atoms with Crippen LogP contribution >= 0.6 is 34.5 Å². The highest BCUT2D eigenvalue weighted by Gasteiger charge is 2.11. The zero-order valence-electron chi connectivity index (χ0n) is 16.8. The molecule has 1 N–H and O–H groups in total. The van der Waals surface area contributed by atoms with Gasteiger partial charge in [0.2, 0.25) is 0 Å². The lowest BCUT2D eigenvalue weighted by Gasteiger charge is -2.10. The first-order valence-electron chi connectivity index (χ1n) is 9.33. The van der Waals surface area contributed by atoms with Gasteiger partial charge >= 0.3 is 0 Å². The molecule has 5 nitrogen and oxygen atoms in total. The van der Waals surface area contributed by atoms with Gasteiger partial charge in [-0.2, -0.15) is 4.99 Å². The van der Waals surface area contributed by atoms with Gasteiger partial charge in [0.1, 0.15) is 0 Å². The maximum atomic E-state index is 12.6. The van der Waals surface area contributed by atoms with E-state index in [4.69, 9.17) is 23.2 Å². The van der Waals surface area contributed by atoms with Crippen LogP contribution in [0.25, 0.3) is 0 Å². The Balaban J connectivity index is 1.89. The van der Waals surface area contributed by atoms with Crippen molar-refractivity contribution in [2.24, 2.45) is 4.99 Å². The van der Waals surface area contributed by atoms with Gasteiger partial charge in [-0.3, -0.25) is 9.59 Å². The molecule has 0 spiro atoms. The summed E-state index contributed by atoms with van der Waals surface area (Å²) in [5, 5.41) is 5.53. The highest BCUT2D eigenvalue weighted by atomic mass is 35.5. The SMILES string of the molecule is Cc1csc(=NC(=O)c2ccc(Cl)c(Cl)c2)n1Cc1cccc(C(=O)NC(C)C)c1. The summed E-state index contributed by atoms with van der Waals surface area (Å²) in [6.45, 7) is 6.29. The monoisotopic (exact) mass is 461 g/mol. The van der Waals surface area contributed by atoms with Crippen LogP contribution in [0.2, 0.25) is 10.0 Å². The minimum Gasteiger partial charge on any atom is -0.350 e. The van der Waals surface area contributed by atoms with Gasteiger partial charge in [-0.05, 0) is 56.7 Å². The third-order valence-electron chi connectivity index (χ3n) is 4.30. The lowest BCUT2D eigenvalue weighted by molar-refractivity contribution is 0.0942. The second-order valence-electron chi connectivity index (χ2n) is 7.12. The Bertz CT molecular complexity index is 1170. The lowest BCUT2D eigenvalue weighted by atomic mass is 10.1. The number of benzene rings is 2. The van der Waals surface area contributed by atoms with Crippen LogP contribution in [0.15, 0.2) is 52.8 Å². The van der Waals surface area contributed by atoms with Crippen LogP contribution in [0, 0.1) is 6.92 Å². The van der Waals surface area contributed by atoms with Crippen molar-refractivity contribution < 1.29 is 9.59 Å². The van der Waals surface area contributed by atoms with Gasteiger partial charge in [-0.15, -0.1) is 11.3 Å². The quantitative estimate of drug-likeness (QED) is 0.574. The molecule has 0 fully saturated rings. The van der Waals surface area contributed by atoms with Gasteiger partial charge in [-0.1, -0.05) is 35.3 Å². The first kappa shape index (κ1) is 22.3. The van der Waals surface area contributed by atoms with Crippen LogP contribution in [0.1, 0.15) is 45.8 Å². The van der Waals surface area contributed by atoms with Crippen LogP contribution in [0.3, 0.4) is 0 Å². The third-order valence-corrected chi connectivity index (χ3v) is 6.03. The Hall–Kier alpha value is -2.41. The van der Waals surface area contributed by atoms with Gasteiger partial charge < -0.3 is 9.88 Å². The first-order chi connectivity index (χ1) is 14.2. The molecule has 156 valence electrons. The molecule has 0 atom stereocenters. The molecule has 0 saturated carbocycles. The zero-order valence-corrected chi connectivity index (χ0v) is 19.1. The minimum atomic E-state index is -0.394. The highest BCUT2D eigenvalue weighted by molar-refractivity contribution is 7.07. The van der Waals surface area contributed by atoms with Crippen LogP contribution < -0.4 is 10.1 Å². The number of carbonyl (C=O) groups excluding carboxylic acids is 2. The van der Waals surface area contributed by atoms with Crippen molar-refractivity contribution in [3.8, 4) is 0 Å². The van der Waals surface area contributed by atoms with Gasteiger partial charge in [0.25, 0.3) is 11.8 Å². The van der Waals surface area contributed by atoms with E-state index >= 15 is 0 Å². The molecule has 2 aromatic carbocycles. The number of aromatic nitrogens is 1. The molecule has 0 aliphatic heterocycles. The average molecular weight is 462 g/mol. The van der Waals surface area contributed by atoms with E-state index < -0.39 is 5.91 Å². The molecule has 8 heteroatoms. The number of thiazole rings is 1. The van der Waals surface area contributed by atoms with Crippen molar-refractivity contribution in [2.75, 3.05) is 0 Å². The van der Waals surface area contributed by atoms with Crippen molar-refractivity contribution in [2.45, 2.75) is 33.4 Å². The Morgan fingerprint density at radius 1 is 1.10 bits per heavy atom. The van der Waals surface area contributed by atoms with E-state index in [9.17, 15) is 9.59 Å². The van der Waals surface area contributed by atoms with Crippen LogP contribution in [-0.4, -0.2) is 22.4 Å². The van der Waals surface area contributed by atoms with Gasteiger partial charge in [-0.25, -0.2) is 0 Å². The zero-order chi connectivity index (χ0) is 21.8. The van der Waals surface area contributed by atoms with Crippen molar-refractivity contribution in [3.05, 3.63) is 85.1 Å². The van der Waals surface area contributed by atoms with E-state index in [0.717, 1.165) is 11.3 Å². The molecule has 1 heterocycles. The standard InChI is InChI=1S/C22H21Cl2N3O2S/c1-13(2)25-20(28)16-6-4-5-15(9-16)11-27-14(3)12-30-22(27)26-21(29)17-7-8-18(23)19(24)10-17/h4-10,12-13H,11H2,1-3H3,(H,25,28). The normalized spacial score (nSPS) is 11.7. The summed E-state index contributed by atoms with van der Waals surface area (Å²) in [5.41, 5.74) is 2.88. The van der Waals surface area contributed by atoms with Crippen molar-refractivity contribution in [1.82, 2.24) is 9.88 Å². The maximum absolute atomic E-state index is 12.6. The van der Waals surface area contributed by atoms with Gasteiger partial charge in [0.15, 0.2) is 4.80 Å². The fourth-order valence-electron chi connectivity index (χ4n) is 2.81. The predicted molar refractivity (Wildman–Crippen MR) is 122 cm³/mol. The first-order valence-corrected chi connectivity index (χ1v) is 11.0. The highest BCUT2D eigenvalue weighted by Crippen LogP contribution is 2.23. The topological polar surface area (TPSA) is 63.5 Å². The Kier molecular flexibility index (Phi) is 7.13. The van der Waals surface area contributed by atoms with Crippen molar-refractivity contribution in [1.29, 1.82) is 0 Å². The van der Waals surface area contributed by atoms with E-state index in [1.54, 1.807) is 18.2 Å². The molecule has 1 aromatic heterocycles. The summed E-state index contributed by atoms with van der Waals surface area (Å²) in [6.07, 6.45) is 0. The van der Waals surface area contributed by atoms with Crippen molar-refractivity contribution in [3.63, 3.8) is 0 Å². The largest absolute Gasteiger partial charge is 0.350 e. The number of hydrogen-bond donors (Lipinski definition) is 1. The van der Waals surface area contributed by atoms with E-state index in [-0.39, 0.29) is 11.9 Å². The number of aryl methyl sites for hydroxylation is 1. The predicted octanol–water partition coefficient (Wildman–Crippen LogP) is 5.09. The number of rotatable bonds is 5. The molecule has 0 saturated heterocycles. The number of nitrogens with zero attached hydrogens (tertiary/aromatic N) is 2. The summed E-state index contributed by atoms with van der Waals surface area (Å²) < 4.78 is 1.94. The fourth-order valence-corrected chi connectivity index (χ4v) is 3.99. The number of carbonyl (C=O) groups is 2. The van der Waals surface area contributed by atoms with E-state index in [1.807, 2.05) is 48.9 Å². The average Bonchev–Trinajstić information content (AvgIpc) is 3.03. The van der Waals surface area contributed by atoms with Crippen molar-refractivity contribution >= 4 is 46.4 Å². The molecule has 0 radical (unpaired) electrons. The molecule has 0 unspecified atom stereocenters. The minimum absolute atomic E-state index is 0.0624. The molecule has 0 aliphatic rings. The second kappa shape index (κ2) is 9.60. The maximum Gasteiger partial charge on any atom is 0.279 e. The second-order valence-corrected chi connectivity index (χ2v) is 8.77. The number of hydrogen-bond acceptors (Lipinski definition) is 3. The van der Waals surface area contributed by atoms with E-state index in [0.29, 0.717) is 32.5 Å². The fraction of sp³-hybridized carbons (Fsp3) is 0.227. The molecule has 30 heavy (non-hydrogen) atoms. The van der Waals surface area contributed by atoms with Crippen LogP contribution in [0.5, 0.6) is 0 Å². The Morgan fingerprint density at radius 2 is 1.87 bits per heavy atom. The van der Waals surface area contributed by atoms with E-state index in [1.165, 1.54) is 17.4 Å². The molecule has 3 rings (SSSR count). The van der Waals surface area contributed by atoms with Crippen LogP contribution in [0.4, 0.5) is 0 Å². The number of halogens is 2. The van der Waals surface area contributed by atoms with Gasteiger partial charge in [0, 0.05) is 28.2 Å². The smallest absolute Gasteiger partial charge is 0.279 e. The third kappa shape index (κ3) is 5.39. The van der Waals surface area contributed by atoms with E-state index in [2.05, 4.69) is 10.3 Å². The summed E-state index contributed by atoms with van der Waals surface area (Å²) >= 11 is 13.3. The summed E-state index contributed by atoms with van der Waals surface area (Å²) in [6, 6.07) is 12.2. The number of nitrogens with one attached hydrogen (secondary N) is 1. The molecule has 0 aliphatic carbocycles. The Labute approximate surface area is 189 Å². The molecule has 2 amide bonds. The lowest BCUT2D eigenvalue weighted by Crippen LogP contribution is -2.30. The summed E-state index contributed by atoms with van der Waals surface area (Å²) in [5.74, 6) is -0.507. The van der Waals surface area contributed by atoms with Crippen LogP contribution in [-0.2, 0) is 6.54 Å². The molecule has 3 aromatic rings. The number of amides is 2. The molecule has 0 bridgehead atoms. The summed E-state index contributed by atoms with van der Waals surface area (Å²) in [7, 11) is 0. The molecular formula is C22H21Cl2N3O2S. The Morgan fingerprint density at radius 3 is 2.57 bits per heavy atom. The molecular weight excluding hydrogens is 441 g/mol.